The topological polar surface area (TPSA) is 84.9 Å². The molecule has 6 nitrogen and oxygen atoms in total. The summed E-state index contributed by atoms with van der Waals surface area (Å²) in [5.41, 5.74) is -2.27. The molecule has 0 heterocycles. The van der Waals surface area contributed by atoms with Crippen LogP contribution in [0.2, 0.25) is 0 Å². The number of ether oxygens (including phenoxy) is 2. The first kappa shape index (κ1) is 17.7. The van der Waals surface area contributed by atoms with Crippen LogP contribution in [0.4, 0.5) is 0 Å². The Labute approximate surface area is 126 Å². The molecule has 0 aliphatic rings. The number of hydrogen-bond donors (Lipinski definition) is 2. The minimum atomic E-state index is -3.80. The van der Waals surface area contributed by atoms with Crippen LogP contribution in [0.25, 0.3) is 0 Å². The third-order valence-corrected chi connectivity index (χ3v) is 5.24. The molecule has 1 aromatic carbocycles. The maximum atomic E-state index is 12.4. The molecule has 0 saturated heterocycles. The molecular formula is C14H23NO5S. The van der Waals surface area contributed by atoms with Gasteiger partial charge in [0.1, 0.15) is 0 Å². The summed E-state index contributed by atoms with van der Waals surface area (Å²) in [6.45, 7) is 6.32. The van der Waals surface area contributed by atoms with Crippen LogP contribution in [0.1, 0.15) is 27.7 Å². The van der Waals surface area contributed by atoms with Crippen molar-refractivity contribution in [1.29, 1.82) is 0 Å². The number of benzene rings is 1. The standard InChI is InChI=1S/C14H23NO5S/c1-13(2,14(3,4)16)15-21(17,18)10-7-8-11(19-5)12(9-10)20-6/h7-9,15-16H,1-6H3. The zero-order valence-electron chi connectivity index (χ0n) is 13.2. The molecule has 2 N–H and O–H groups in total. The van der Waals surface area contributed by atoms with Gasteiger partial charge in [-0.05, 0) is 39.8 Å². The van der Waals surface area contributed by atoms with E-state index < -0.39 is 21.2 Å². The van der Waals surface area contributed by atoms with Crippen LogP contribution in [0.5, 0.6) is 11.5 Å². The van der Waals surface area contributed by atoms with Crippen molar-refractivity contribution in [1.82, 2.24) is 4.72 Å². The molecular weight excluding hydrogens is 294 g/mol. The van der Waals surface area contributed by atoms with Crippen molar-refractivity contribution in [2.75, 3.05) is 14.2 Å². The Bertz CT molecular complexity index is 602. The van der Waals surface area contributed by atoms with Crippen molar-refractivity contribution in [2.24, 2.45) is 0 Å². The molecule has 1 aromatic rings. The van der Waals surface area contributed by atoms with Crippen molar-refractivity contribution in [3.63, 3.8) is 0 Å². The Morgan fingerprint density at radius 3 is 2.00 bits per heavy atom. The second-order valence-electron chi connectivity index (χ2n) is 5.81. The highest BCUT2D eigenvalue weighted by molar-refractivity contribution is 7.89. The molecule has 0 saturated carbocycles. The van der Waals surface area contributed by atoms with Crippen LogP contribution < -0.4 is 14.2 Å². The van der Waals surface area contributed by atoms with Crippen molar-refractivity contribution in [3.8, 4) is 11.5 Å². The third kappa shape index (κ3) is 3.87. The summed E-state index contributed by atoms with van der Waals surface area (Å²) in [4.78, 5) is 0.0393. The lowest BCUT2D eigenvalue weighted by molar-refractivity contribution is 0.00638. The van der Waals surface area contributed by atoms with Crippen LogP contribution in [0.3, 0.4) is 0 Å². The average Bonchev–Trinajstić information content (AvgIpc) is 2.35. The van der Waals surface area contributed by atoms with Gasteiger partial charge in [0.05, 0.1) is 30.3 Å². The molecule has 0 aliphatic heterocycles. The van der Waals surface area contributed by atoms with E-state index >= 15 is 0 Å². The van der Waals surface area contributed by atoms with Gasteiger partial charge in [0.25, 0.3) is 0 Å². The lowest BCUT2D eigenvalue weighted by Crippen LogP contribution is -2.57. The van der Waals surface area contributed by atoms with E-state index in [1.807, 2.05) is 0 Å². The maximum Gasteiger partial charge on any atom is 0.241 e. The van der Waals surface area contributed by atoms with Gasteiger partial charge in [-0.25, -0.2) is 13.1 Å². The largest absolute Gasteiger partial charge is 0.493 e. The van der Waals surface area contributed by atoms with Gasteiger partial charge in [-0.15, -0.1) is 0 Å². The Hall–Kier alpha value is -1.31. The number of nitrogens with one attached hydrogen (secondary N) is 1. The first-order valence-electron chi connectivity index (χ1n) is 6.43. The minimum absolute atomic E-state index is 0.0393. The van der Waals surface area contributed by atoms with Crippen molar-refractivity contribution >= 4 is 10.0 Å². The Kier molecular flexibility index (Phi) is 4.92. The summed E-state index contributed by atoms with van der Waals surface area (Å²) in [5, 5.41) is 10.1. The van der Waals surface area contributed by atoms with Gasteiger partial charge in [0.2, 0.25) is 10.0 Å². The van der Waals surface area contributed by atoms with Crippen LogP contribution in [-0.4, -0.2) is 38.9 Å². The molecule has 0 aromatic heterocycles. The lowest BCUT2D eigenvalue weighted by Gasteiger charge is -2.37. The third-order valence-electron chi connectivity index (χ3n) is 3.58. The summed E-state index contributed by atoms with van der Waals surface area (Å²) < 4.78 is 37.6. The van der Waals surface area contributed by atoms with E-state index in [1.54, 1.807) is 27.7 Å². The summed E-state index contributed by atoms with van der Waals surface area (Å²) in [6.07, 6.45) is 0. The van der Waals surface area contributed by atoms with Crippen LogP contribution in [-0.2, 0) is 10.0 Å². The van der Waals surface area contributed by atoms with Gasteiger partial charge in [-0.2, -0.15) is 0 Å². The molecule has 21 heavy (non-hydrogen) atoms. The highest BCUT2D eigenvalue weighted by Crippen LogP contribution is 2.30. The minimum Gasteiger partial charge on any atom is -0.493 e. The number of sulfonamides is 1. The van der Waals surface area contributed by atoms with Gasteiger partial charge in [0.15, 0.2) is 11.5 Å². The molecule has 7 heteroatoms. The fraction of sp³-hybridized carbons (Fsp3) is 0.571. The van der Waals surface area contributed by atoms with E-state index in [9.17, 15) is 13.5 Å². The van der Waals surface area contributed by atoms with Gasteiger partial charge >= 0.3 is 0 Å². The molecule has 0 aliphatic carbocycles. The van der Waals surface area contributed by atoms with Crippen molar-refractivity contribution < 1.29 is 23.0 Å². The molecule has 1 rings (SSSR count). The zero-order chi connectivity index (χ0) is 16.5. The molecule has 0 fully saturated rings. The van der Waals surface area contributed by atoms with Crippen molar-refractivity contribution in [2.45, 2.75) is 43.7 Å². The molecule has 0 radical (unpaired) electrons. The van der Waals surface area contributed by atoms with Crippen molar-refractivity contribution in [3.05, 3.63) is 18.2 Å². The normalized spacial score (nSPS) is 13.1. The Morgan fingerprint density at radius 1 is 1.05 bits per heavy atom. The number of aliphatic hydroxyl groups is 1. The quantitative estimate of drug-likeness (QED) is 0.831. The maximum absolute atomic E-state index is 12.4. The monoisotopic (exact) mass is 317 g/mol. The highest BCUT2D eigenvalue weighted by Gasteiger charge is 2.39. The number of methoxy groups -OCH3 is 2. The predicted molar refractivity (Wildman–Crippen MR) is 80.2 cm³/mol. The molecule has 0 unspecified atom stereocenters. The second kappa shape index (κ2) is 5.82. The smallest absolute Gasteiger partial charge is 0.241 e. The summed E-state index contributed by atoms with van der Waals surface area (Å²) in [7, 11) is -0.897. The predicted octanol–water partition coefficient (Wildman–Crippen LogP) is 1.53. The second-order valence-corrected chi connectivity index (χ2v) is 7.49. The lowest BCUT2D eigenvalue weighted by atomic mass is 9.87. The molecule has 120 valence electrons. The van der Waals surface area contributed by atoms with Gasteiger partial charge in [0, 0.05) is 6.07 Å². The molecule has 0 spiro atoms. The van der Waals surface area contributed by atoms with Gasteiger partial charge in [-0.1, -0.05) is 0 Å². The van der Waals surface area contributed by atoms with E-state index in [-0.39, 0.29) is 4.90 Å². The van der Waals surface area contributed by atoms with E-state index in [4.69, 9.17) is 9.47 Å². The molecule has 0 amide bonds. The molecule has 0 atom stereocenters. The number of rotatable bonds is 6. The first-order chi connectivity index (χ1) is 9.44. The van der Waals surface area contributed by atoms with E-state index in [0.29, 0.717) is 11.5 Å². The fourth-order valence-electron chi connectivity index (χ4n) is 1.50. The SMILES string of the molecule is COc1ccc(S(=O)(=O)NC(C)(C)C(C)(C)O)cc1OC. The molecule has 0 bridgehead atoms. The summed E-state index contributed by atoms with van der Waals surface area (Å²) in [5.74, 6) is 0.764. The van der Waals surface area contributed by atoms with Crippen LogP contribution in [0.15, 0.2) is 23.1 Å². The number of hydrogen-bond acceptors (Lipinski definition) is 5. The Balaban J connectivity index is 3.21. The van der Waals surface area contributed by atoms with E-state index in [0.717, 1.165) is 0 Å². The first-order valence-corrected chi connectivity index (χ1v) is 7.91. The van der Waals surface area contributed by atoms with Crippen LogP contribution in [0, 0.1) is 0 Å². The van der Waals surface area contributed by atoms with Gasteiger partial charge < -0.3 is 14.6 Å². The van der Waals surface area contributed by atoms with Crippen LogP contribution >= 0.6 is 0 Å². The van der Waals surface area contributed by atoms with Gasteiger partial charge in [-0.3, -0.25) is 0 Å². The Morgan fingerprint density at radius 2 is 1.57 bits per heavy atom. The average molecular weight is 317 g/mol. The summed E-state index contributed by atoms with van der Waals surface area (Å²) >= 11 is 0. The van der Waals surface area contributed by atoms with E-state index in [1.165, 1.54) is 32.4 Å². The summed E-state index contributed by atoms with van der Waals surface area (Å²) in [6, 6.07) is 4.32. The van der Waals surface area contributed by atoms with E-state index in [2.05, 4.69) is 4.72 Å². The fourth-order valence-corrected chi connectivity index (χ4v) is 3.05. The highest BCUT2D eigenvalue weighted by atomic mass is 32.2. The zero-order valence-corrected chi connectivity index (χ0v) is 14.0.